The molecule has 3 fully saturated rings. The van der Waals surface area contributed by atoms with Gasteiger partial charge in [-0.1, -0.05) is 0 Å². The maximum absolute atomic E-state index is 2.82. The van der Waals surface area contributed by atoms with E-state index in [-0.39, 0.29) is 5.54 Å². The number of piperazine rings is 1. The molecule has 3 heterocycles. The smallest absolute Gasteiger partial charge is 0.0220 e. The summed E-state index contributed by atoms with van der Waals surface area (Å²) in [5, 5.41) is 0. The number of rotatable bonds is 5. The first-order valence-electron chi connectivity index (χ1n) is 13.0. The van der Waals surface area contributed by atoms with E-state index in [9.17, 15) is 0 Å². The van der Waals surface area contributed by atoms with Crippen molar-refractivity contribution in [2.45, 2.75) is 96.4 Å². The molecule has 0 bridgehead atoms. The quantitative estimate of drug-likeness (QED) is 0.657. The van der Waals surface area contributed by atoms with Crippen LogP contribution in [0.2, 0.25) is 0 Å². The van der Waals surface area contributed by atoms with Crippen LogP contribution in [-0.4, -0.2) is 121 Å². The van der Waals surface area contributed by atoms with E-state index in [1.807, 2.05) is 0 Å². The fourth-order valence-corrected chi connectivity index (χ4v) is 6.32. The normalized spacial score (nSPS) is 32.1. The van der Waals surface area contributed by atoms with Crippen molar-refractivity contribution in [3.05, 3.63) is 0 Å². The first-order valence-corrected chi connectivity index (χ1v) is 13.0. The Bertz CT molecular complexity index is 561. The lowest BCUT2D eigenvalue weighted by molar-refractivity contribution is -0.0116. The van der Waals surface area contributed by atoms with Gasteiger partial charge >= 0.3 is 0 Å². The van der Waals surface area contributed by atoms with Crippen LogP contribution in [0.1, 0.15) is 67.2 Å². The molecule has 2 unspecified atom stereocenters. The van der Waals surface area contributed by atoms with E-state index in [1.54, 1.807) is 0 Å². The minimum atomic E-state index is 0.259. The summed E-state index contributed by atoms with van der Waals surface area (Å²) in [7, 11) is 6.81. The largest absolute Gasteiger partial charge is 0.305 e. The Morgan fingerprint density at radius 2 is 1.48 bits per heavy atom. The number of nitrogens with zero attached hydrogens (tertiary/aromatic N) is 5. The van der Waals surface area contributed by atoms with E-state index in [0.29, 0.717) is 17.6 Å². The zero-order chi connectivity index (χ0) is 23.0. The van der Waals surface area contributed by atoms with Crippen molar-refractivity contribution < 1.29 is 0 Å². The molecule has 3 aliphatic heterocycles. The molecule has 0 spiro atoms. The standard InChI is InChI=1S/C26H53N5/c1-21-18-29(15-14-28(21)9)23-10-12-30(13-11-23)26(5,6)17-22-16-24(27(7)8)20-31(19-22)25(2,3)4/h21-24H,10-20H2,1-9H3/t21-,22?,24?/m1/s1. The van der Waals surface area contributed by atoms with Crippen LogP contribution in [0.3, 0.4) is 0 Å². The average Bonchev–Trinajstić information content (AvgIpc) is 2.69. The van der Waals surface area contributed by atoms with Gasteiger partial charge in [0.15, 0.2) is 0 Å². The van der Waals surface area contributed by atoms with Crippen molar-refractivity contribution in [1.29, 1.82) is 0 Å². The van der Waals surface area contributed by atoms with Crippen LogP contribution < -0.4 is 0 Å². The topological polar surface area (TPSA) is 16.2 Å². The van der Waals surface area contributed by atoms with Crippen LogP contribution >= 0.6 is 0 Å². The molecule has 0 aliphatic carbocycles. The summed E-state index contributed by atoms with van der Waals surface area (Å²) in [4.78, 5) is 13.3. The molecule has 0 aromatic carbocycles. The molecule has 0 saturated carbocycles. The van der Waals surface area contributed by atoms with E-state index >= 15 is 0 Å². The summed E-state index contributed by atoms with van der Waals surface area (Å²) < 4.78 is 0. The van der Waals surface area contributed by atoms with E-state index in [2.05, 4.69) is 87.2 Å². The summed E-state index contributed by atoms with van der Waals surface area (Å²) in [5.74, 6) is 0.784. The SMILES string of the molecule is C[C@@H]1CN(C2CCN(C(C)(C)CC3CC(N(C)C)CN(C(C)(C)C)C3)CC2)CCN1C. The van der Waals surface area contributed by atoms with Crippen molar-refractivity contribution in [1.82, 2.24) is 24.5 Å². The molecule has 5 heteroatoms. The first-order chi connectivity index (χ1) is 14.4. The van der Waals surface area contributed by atoms with E-state index in [1.165, 1.54) is 71.5 Å². The predicted molar refractivity (Wildman–Crippen MR) is 134 cm³/mol. The van der Waals surface area contributed by atoms with Crippen molar-refractivity contribution in [3.8, 4) is 0 Å². The fraction of sp³-hybridized carbons (Fsp3) is 1.00. The summed E-state index contributed by atoms with van der Waals surface area (Å²) in [6, 6.07) is 2.18. The van der Waals surface area contributed by atoms with Crippen LogP contribution in [0.25, 0.3) is 0 Å². The lowest BCUT2D eigenvalue weighted by Crippen LogP contribution is -2.59. The van der Waals surface area contributed by atoms with Gasteiger partial charge in [0, 0.05) is 75.0 Å². The van der Waals surface area contributed by atoms with Crippen molar-refractivity contribution >= 4 is 0 Å². The number of hydrogen-bond acceptors (Lipinski definition) is 5. The second-order valence-corrected chi connectivity index (χ2v) is 12.9. The van der Waals surface area contributed by atoms with E-state index in [0.717, 1.165) is 12.0 Å². The molecule has 3 rings (SSSR count). The van der Waals surface area contributed by atoms with Gasteiger partial charge < -0.3 is 9.80 Å². The predicted octanol–water partition coefficient (Wildman–Crippen LogP) is 3.31. The third kappa shape index (κ3) is 6.44. The zero-order valence-corrected chi connectivity index (χ0v) is 22.3. The lowest BCUT2D eigenvalue weighted by Gasteiger charge is -2.51. The van der Waals surface area contributed by atoms with Crippen molar-refractivity contribution in [2.24, 2.45) is 5.92 Å². The van der Waals surface area contributed by atoms with Gasteiger partial charge in [0.25, 0.3) is 0 Å². The van der Waals surface area contributed by atoms with Gasteiger partial charge in [0.2, 0.25) is 0 Å². The van der Waals surface area contributed by atoms with Gasteiger partial charge in [-0.05, 0) is 94.3 Å². The molecule has 3 atom stereocenters. The minimum absolute atomic E-state index is 0.259. The Hall–Kier alpha value is -0.200. The van der Waals surface area contributed by atoms with Crippen LogP contribution in [0.15, 0.2) is 0 Å². The van der Waals surface area contributed by atoms with Crippen LogP contribution in [-0.2, 0) is 0 Å². The van der Waals surface area contributed by atoms with E-state index in [4.69, 9.17) is 0 Å². The summed E-state index contributed by atoms with van der Waals surface area (Å²) >= 11 is 0. The van der Waals surface area contributed by atoms with Crippen LogP contribution in [0, 0.1) is 5.92 Å². The molecular weight excluding hydrogens is 382 g/mol. The van der Waals surface area contributed by atoms with Gasteiger partial charge in [0.1, 0.15) is 0 Å². The van der Waals surface area contributed by atoms with Crippen LogP contribution in [0.5, 0.6) is 0 Å². The molecule has 0 aromatic rings. The number of hydrogen-bond donors (Lipinski definition) is 0. The molecule has 0 amide bonds. The monoisotopic (exact) mass is 435 g/mol. The van der Waals surface area contributed by atoms with Gasteiger partial charge in [-0.3, -0.25) is 14.7 Å². The fourth-order valence-electron chi connectivity index (χ4n) is 6.32. The van der Waals surface area contributed by atoms with E-state index < -0.39 is 0 Å². The molecule has 3 saturated heterocycles. The van der Waals surface area contributed by atoms with Crippen LogP contribution in [0.4, 0.5) is 0 Å². The van der Waals surface area contributed by atoms with Gasteiger partial charge in [-0.15, -0.1) is 0 Å². The number of piperidine rings is 2. The molecule has 182 valence electrons. The number of likely N-dealkylation sites (tertiary alicyclic amines) is 2. The molecule has 5 nitrogen and oxygen atoms in total. The summed E-state index contributed by atoms with van der Waals surface area (Å²) in [6.07, 6.45) is 5.36. The highest BCUT2D eigenvalue weighted by molar-refractivity contribution is 4.95. The van der Waals surface area contributed by atoms with Crippen molar-refractivity contribution in [2.75, 3.05) is 67.0 Å². The first kappa shape index (κ1) is 25.4. The highest BCUT2D eigenvalue weighted by atomic mass is 15.3. The summed E-state index contributed by atoms with van der Waals surface area (Å²) in [5.41, 5.74) is 0.553. The molecule has 0 aromatic heterocycles. The Morgan fingerprint density at radius 1 is 0.839 bits per heavy atom. The molecule has 0 radical (unpaired) electrons. The Kier molecular flexibility index (Phi) is 8.17. The Morgan fingerprint density at radius 3 is 2.03 bits per heavy atom. The van der Waals surface area contributed by atoms with Crippen molar-refractivity contribution in [3.63, 3.8) is 0 Å². The Labute approximate surface area is 194 Å². The second-order valence-electron chi connectivity index (χ2n) is 12.9. The number of likely N-dealkylation sites (N-methyl/N-ethyl adjacent to an activating group) is 2. The Balaban J connectivity index is 1.55. The zero-order valence-electron chi connectivity index (χ0n) is 22.3. The molecule has 31 heavy (non-hydrogen) atoms. The third-order valence-electron chi connectivity index (χ3n) is 8.81. The highest BCUT2D eigenvalue weighted by Gasteiger charge is 2.39. The highest BCUT2D eigenvalue weighted by Crippen LogP contribution is 2.34. The average molecular weight is 436 g/mol. The minimum Gasteiger partial charge on any atom is -0.305 e. The maximum atomic E-state index is 2.82. The lowest BCUT2D eigenvalue weighted by atomic mass is 9.80. The third-order valence-corrected chi connectivity index (χ3v) is 8.81. The molecule has 3 aliphatic rings. The second kappa shape index (κ2) is 9.97. The summed E-state index contributed by atoms with van der Waals surface area (Å²) in [6.45, 7) is 23.3. The van der Waals surface area contributed by atoms with Gasteiger partial charge in [0.05, 0.1) is 0 Å². The molecule has 0 N–H and O–H groups in total. The van der Waals surface area contributed by atoms with Gasteiger partial charge in [-0.2, -0.15) is 0 Å². The molecular formula is C26H53N5. The maximum Gasteiger partial charge on any atom is 0.0220 e. The van der Waals surface area contributed by atoms with Gasteiger partial charge in [-0.25, -0.2) is 0 Å².